The smallest absolute Gasteiger partial charge is 0.251 e. The van der Waals surface area contributed by atoms with Gasteiger partial charge in [-0.3, -0.25) is 9.48 Å². The van der Waals surface area contributed by atoms with Gasteiger partial charge in [0.1, 0.15) is 0 Å². The second-order valence-corrected chi connectivity index (χ2v) is 5.09. The van der Waals surface area contributed by atoms with Gasteiger partial charge < -0.3 is 5.32 Å². The van der Waals surface area contributed by atoms with Crippen LogP contribution in [0.4, 0.5) is 0 Å². The highest BCUT2D eigenvalue weighted by Gasteiger charge is 2.13. The summed E-state index contributed by atoms with van der Waals surface area (Å²) in [6.45, 7) is 1.90. The minimum atomic E-state index is -0.199. The molecule has 0 aliphatic rings. The van der Waals surface area contributed by atoms with Crippen molar-refractivity contribution in [2.24, 2.45) is 7.05 Å². The first-order valence-electron chi connectivity index (χ1n) is 5.72. The quantitative estimate of drug-likeness (QED) is 0.945. The fourth-order valence-corrected chi connectivity index (χ4v) is 1.96. The molecule has 0 saturated carbocycles. The zero-order valence-corrected chi connectivity index (χ0v) is 12.0. The molecule has 6 heteroatoms. The number of carbonyl (C=O) groups excluding carboxylic acids is 1. The first-order chi connectivity index (χ1) is 8.97. The van der Waals surface area contributed by atoms with Gasteiger partial charge in [0.05, 0.1) is 22.3 Å². The van der Waals surface area contributed by atoms with E-state index in [0.29, 0.717) is 15.6 Å². The Morgan fingerprint density at radius 3 is 2.68 bits per heavy atom. The molecule has 1 unspecified atom stereocenters. The standard InChI is InChI=1S/C13H13Cl2N3O/c1-8(10-6-16-18(2)7-10)17-13(19)9-3-4-11(14)12(15)5-9/h3-8H,1-2H3,(H,17,19). The molecule has 1 heterocycles. The summed E-state index contributed by atoms with van der Waals surface area (Å²) in [6.07, 6.45) is 3.58. The number of nitrogens with zero attached hydrogens (tertiary/aromatic N) is 2. The molecule has 0 radical (unpaired) electrons. The van der Waals surface area contributed by atoms with E-state index in [-0.39, 0.29) is 11.9 Å². The number of aryl methyl sites for hydroxylation is 1. The van der Waals surface area contributed by atoms with Crippen molar-refractivity contribution < 1.29 is 4.79 Å². The number of carbonyl (C=O) groups is 1. The fourth-order valence-electron chi connectivity index (χ4n) is 1.66. The van der Waals surface area contributed by atoms with Gasteiger partial charge in [0.15, 0.2) is 0 Å². The number of hydrogen-bond acceptors (Lipinski definition) is 2. The van der Waals surface area contributed by atoms with Crippen molar-refractivity contribution in [1.82, 2.24) is 15.1 Å². The van der Waals surface area contributed by atoms with Crippen LogP contribution in [0.25, 0.3) is 0 Å². The van der Waals surface area contributed by atoms with Gasteiger partial charge in [-0.15, -0.1) is 0 Å². The van der Waals surface area contributed by atoms with Crippen molar-refractivity contribution in [2.75, 3.05) is 0 Å². The molecule has 1 aromatic carbocycles. The minimum Gasteiger partial charge on any atom is -0.345 e. The first-order valence-corrected chi connectivity index (χ1v) is 6.47. The fraction of sp³-hybridized carbons (Fsp3) is 0.231. The van der Waals surface area contributed by atoms with Crippen LogP contribution in [0.5, 0.6) is 0 Å². The number of benzene rings is 1. The Kier molecular flexibility index (Phi) is 4.12. The maximum absolute atomic E-state index is 12.1. The Morgan fingerprint density at radius 1 is 1.37 bits per heavy atom. The second-order valence-electron chi connectivity index (χ2n) is 4.27. The maximum atomic E-state index is 12.1. The summed E-state index contributed by atoms with van der Waals surface area (Å²) >= 11 is 11.7. The Labute approximate surface area is 121 Å². The molecule has 2 aromatic rings. The van der Waals surface area contributed by atoms with Crippen molar-refractivity contribution in [3.8, 4) is 0 Å². The third-order valence-electron chi connectivity index (χ3n) is 2.75. The largest absolute Gasteiger partial charge is 0.345 e. The molecule has 0 saturated heterocycles. The number of aromatic nitrogens is 2. The van der Waals surface area contributed by atoms with Gasteiger partial charge in [-0.1, -0.05) is 23.2 Å². The van der Waals surface area contributed by atoms with Crippen LogP contribution < -0.4 is 5.32 Å². The van der Waals surface area contributed by atoms with Crippen molar-refractivity contribution in [1.29, 1.82) is 0 Å². The summed E-state index contributed by atoms with van der Waals surface area (Å²) in [7, 11) is 1.83. The van der Waals surface area contributed by atoms with Crippen LogP contribution in [0, 0.1) is 0 Å². The van der Waals surface area contributed by atoms with Crippen LogP contribution in [0.3, 0.4) is 0 Å². The molecule has 0 bridgehead atoms. The van der Waals surface area contributed by atoms with E-state index in [4.69, 9.17) is 23.2 Å². The molecule has 2 rings (SSSR count). The summed E-state index contributed by atoms with van der Waals surface area (Å²) in [5.74, 6) is -0.199. The van der Waals surface area contributed by atoms with E-state index in [0.717, 1.165) is 5.56 Å². The molecular weight excluding hydrogens is 285 g/mol. The van der Waals surface area contributed by atoms with Gasteiger partial charge in [0, 0.05) is 24.4 Å². The highest BCUT2D eigenvalue weighted by atomic mass is 35.5. The van der Waals surface area contributed by atoms with Crippen LogP contribution >= 0.6 is 23.2 Å². The lowest BCUT2D eigenvalue weighted by atomic mass is 10.1. The average molecular weight is 298 g/mol. The SMILES string of the molecule is CC(NC(=O)c1ccc(Cl)c(Cl)c1)c1cnn(C)c1. The van der Waals surface area contributed by atoms with Crippen molar-refractivity contribution >= 4 is 29.1 Å². The van der Waals surface area contributed by atoms with Gasteiger partial charge in [-0.2, -0.15) is 5.10 Å². The van der Waals surface area contributed by atoms with Gasteiger partial charge in [-0.05, 0) is 25.1 Å². The van der Waals surface area contributed by atoms with E-state index in [1.807, 2.05) is 20.2 Å². The van der Waals surface area contributed by atoms with E-state index in [2.05, 4.69) is 10.4 Å². The van der Waals surface area contributed by atoms with E-state index in [9.17, 15) is 4.79 Å². The first kappa shape index (κ1) is 13.9. The monoisotopic (exact) mass is 297 g/mol. The lowest BCUT2D eigenvalue weighted by Gasteiger charge is -2.12. The average Bonchev–Trinajstić information content (AvgIpc) is 2.79. The molecule has 0 aliphatic heterocycles. The lowest BCUT2D eigenvalue weighted by Crippen LogP contribution is -2.26. The van der Waals surface area contributed by atoms with Gasteiger partial charge >= 0.3 is 0 Å². The highest BCUT2D eigenvalue weighted by Crippen LogP contribution is 2.23. The summed E-state index contributed by atoms with van der Waals surface area (Å²) in [5, 5.41) is 7.74. The molecule has 1 atom stereocenters. The Morgan fingerprint density at radius 2 is 2.11 bits per heavy atom. The van der Waals surface area contributed by atoms with E-state index >= 15 is 0 Å². The molecule has 4 nitrogen and oxygen atoms in total. The summed E-state index contributed by atoms with van der Waals surface area (Å²) in [6, 6.07) is 4.66. The number of halogens is 2. The van der Waals surface area contributed by atoms with Crippen molar-refractivity contribution in [2.45, 2.75) is 13.0 Å². The van der Waals surface area contributed by atoms with Gasteiger partial charge in [0.2, 0.25) is 0 Å². The zero-order valence-electron chi connectivity index (χ0n) is 10.5. The molecule has 0 aliphatic carbocycles. The summed E-state index contributed by atoms with van der Waals surface area (Å²) < 4.78 is 1.69. The molecule has 1 N–H and O–H groups in total. The number of hydrogen-bond donors (Lipinski definition) is 1. The topological polar surface area (TPSA) is 46.9 Å². The van der Waals surface area contributed by atoms with Crippen LogP contribution in [-0.2, 0) is 7.05 Å². The van der Waals surface area contributed by atoms with Crippen molar-refractivity contribution in [3.05, 3.63) is 51.8 Å². The van der Waals surface area contributed by atoms with Crippen molar-refractivity contribution in [3.63, 3.8) is 0 Å². The van der Waals surface area contributed by atoms with Crippen LogP contribution in [0.15, 0.2) is 30.6 Å². The second kappa shape index (κ2) is 5.63. The van der Waals surface area contributed by atoms with Crippen LogP contribution in [0.1, 0.15) is 28.9 Å². The highest BCUT2D eigenvalue weighted by molar-refractivity contribution is 6.42. The number of nitrogens with one attached hydrogen (secondary N) is 1. The summed E-state index contributed by atoms with van der Waals surface area (Å²) in [5.41, 5.74) is 1.42. The molecule has 1 amide bonds. The van der Waals surface area contributed by atoms with Gasteiger partial charge in [0.25, 0.3) is 5.91 Å². The van der Waals surface area contributed by atoms with Gasteiger partial charge in [-0.25, -0.2) is 0 Å². The molecular formula is C13H13Cl2N3O. The lowest BCUT2D eigenvalue weighted by molar-refractivity contribution is 0.0940. The third-order valence-corrected chi connectivity index (χ3v) is 3.49. The molecule has 0 spiro atoms. The zero-order chi connectivity index (χ0) is 14.0. The van der Waals surface area contributed by atoms with E-state index < -0.39 is 0 Å². The maximum Gasteiger partial charge on any atom is 0.251 e. The normalized spacial score (nSPS) is 12.2. The Hall–Kier alpha value is -1.52. The van der Waals surface area contributed by atoms with E-state index in [1.165, 1.54) is 0 Å². The third kappa shape index (κ3) is 3.28. The van der Waals surface area contributed by atoms with E-state index in [1.54, 1.807) is 29.1 Å². The molecule has 1 aromatic heterocycles. The molecule has 100 valence electrons. The predicted octanol–water partition coefficient (Wildman–Crippen LogP) is 3.22. The molecule has 19 heavy (non-hydrogen) atoms. The minimum absolute atomic E-state index is 0.129. The Bertz CT molecular complexity index is 610. The number of rotatable bonds is 3. The van der Waals surface area contributed by atoms with Crippen LogP contribution in [-0.4, -0.2) is 15.7 Å². The van der Waals surface area contributed by atoms with Crippen LogP contribution in [0.2, 0.25) is 10.0 Å². The Balaban J connectivity index is 2.10. The summed E-state index contributed by atoms with van der Waals surface area (Å²) in [4.78, 5) is 12.1. The molecule has 0 fully saturated rings. The predicted molar refractivity (Wildman–Crippen MR) is 75.6 cm³/mol. The number of amides is 1.